The van der Waals surface area contributed by atoms with Crippen LogP contribution in [0.15, 0.2) is 5.16 Å². The van der Waals surface area contributed by atoms with Crippen molar-refractivity contribution in [3.63, 3.8) is 0 Å². The SMILES string of the molecule is CC(C)(C(=O)NCCOCC(F)F)C(N)=NO. The Morgan fingerprint density at radius 2 is 2.18 bits per heavy atom. The molecule has 100 valence electrons. The second kappa shape index (κ2) is 7.00. The van der Waals surface area contributed by atoms with E-state index in [0.717, 1.165) is 0 Å². The molecule has 0 aromatic carbocycles. The molecule has 0 aliphatic rings. The summed E-state index contributed by atoms with van der Waals surface area (Å²) in [6.45, 7) is 2.32. The standard InChI is InChI=1S/C9H17F2N3O3/c1-9(2,7(12)14-16)8(15)13-3-4-17-5-6(10)11/h6,16H,3-5H2,1-2H3,(H2,12,14)(H,13,15). The van der Waals surface area contributed by atoms with Gasteiger partial charge in [-0.1, -0.05) is 5.16 Å². The van der Waals surface area contributed by atoms with Crippen LogP contribution in [0.25, 0.3) is 0 Å². The van der Waals surface area contributed by atoms with Crippen molar-refractivity contribution < 1.29 is 23.5 Å². The predicted octanol–water partition coefficient (Wildman–Crippen LogP) is 0.157. The first-order chi connectivity index (χ1) is 7.82. The van der Waals surface area contributed by atoms with Gasteiger partial charge in [0.15, 0.2) is 5.84 Å². The Morgan fingerprint density at radius 1 is 1.59 bits per heavy atom. The minimum absolute atomic E-state index is 0.0255. The van der Waals surface area contributed by atoms with Crippen LogP contribution in [-0.2, 0) is 9.53 Å². The first-order valence-electron chi connectivity index (χ1n) is 4.94. The van der Waals surface area contributed by atoms with E-state index in [1.54, 1.807) is 0 Å². The van der Waals surface area contributed by atoms with Gasteiger partial charge in [0.2, 0.25) is 5.91 Å². The first-order valence-corrected chi connectivity index (χ1v) is 4.94. The van der Waals surface area contributed by atoms with E-state index < -0.39 is 24.4 Å². The maximum atomic E-state index is 11.7. The number of halogens is 2. The zero-order chi connectivity index (χ0) is 13.5. The van der Waals surface area contributed by atoms with Gasteiger partial charge in [0, 0.05) is 6.54 Å². The molecule has 0 spiro atoms. The van der Waals surface area contributed by atoms with E-state index in [0.29, 0.717) is 0 Å². The summed E-state index contributed by atoms with van der Waals surface area (Å²) in [4.78, 5) is 11.6. The molecule has 0 aliphatic heterocycles. The minimum Gasteiger partial charge on any atom is -0.409 e. The number of nitrogens with one attached hydrogen (secondary N) is 1. The number of oxime groups is 1. The molecule has 4 N–H and O–H groups in total. The van der Waals surface area contributed by atoms with Gasteiger partial charge in [-0.2, -0.15) is 0 Å². The lowest BCUT2D eigenvalue weighted by Gasteiger charge is -2.21. The summed E-state index contributed by atoms with van der Waals surface area (Å²) in [5, 5.41) is 13.6. The smallest absolute Gasteiger partial charge is 0.261 e. The maximum absolute atomic E-state index is 11.7. The molecule has 0 radical (unpaired) electrons. The Bertz CT molecular complexity index is 283. The van der Waals surface area contributed by atoms with Crippen LogP contribution in [0.2, 0.25) is 0 Å². The number of carbonyl (C=O) groups is 1. The average Bonchev–Trinajstić information content (AvgIpc) is 2.26. The van der Waals surface area contributed by atoms with Gasteiger partial charge in [-0.25, -0.2) is 8.78 Å². The number of nitrogens with two attached hydrogens (primary N) is 1. The van der Waals surface area contributed by atoms with Gasteiger partial charge in [-0.15, -0.1) is 0 Å². The van der Waals surface area contributed by atoms with Crippen LogP contribution in [0.5, 0.6) is 0 Å². The minimum atomic E-state index is -2.53. The van der Waals surface area contributed by atoms with Gasteiger partial charge in [-0.05, 0) is 13.8 Å². The number of carbonyl (C=O) groups excluding carboxylic acids is 1. The molecule has 6 nitrogen and oxygen atoms in total. The molecular weight excluding hydrogens is 236 g/mol. The van der Waals surface area contributed by atoms with Gasteiger partial charge in [0.05, 0.1) is 6.61 Å². The fraction of sp³-hybridized carbons (Fsp3) is 0.778. The van der Waals surface area contributed by atoms with Crippen LogP contribution in [-0.4, -0.2) is 43.1 Å². The number of amides is 1. The number of hydrogen-bond acceptors (Lipinski definition) is 4. The summed E-state index contributed by atoms with van der Waals surface area (Å²) in [5.41, 5.74) is 4.16. The molecule has 0 aromatic heterocycles. The summed E-state index contributed by atoms with van der Waals surface area (Å²) >= 11 is 0. The summed E-state index contributed by atoms with van der Waals surface area (Å²) in [6, 6.07) is 0. The Morgan fingerprint density at radius 3 is 2.65 bits per heavy atom. The highest BCUT2D eigenvalue weighted by Crippen LogP contribution is 2.14. The molecule has 0 unspecified atom stereocenters. The van der Waals surface area contributed by atoms with Crippen molar-refractivity contribution in [2.45, 2.75) is 20.3 Å². The van der Waals surface area contributed by atoms with Gasteiger partial charge < -0.3 is 21.0 Å². The van der Waals surface area contributed by atoms with Crippen LogP contribution in [0.4, 0.5) is 8.78 Å². The second-order valence-corrected chi connectivity index (χ2v) is 3.83. The predicted molar refractivity (Wildman–Crippen MR) is 57.0 cm³/mol. The number of nitrogens with zero attached hydrogens (tertiary/aromatic N) is 1. The molecule has 0 fully saturated rings. The van der Waals surface area contributed by atoms with Crippen molar-refractivity contribution >= 4 is 11.7 Å². The van der Waals surface area contributed by atoms with E-state index >= 15 is 0 Å². The summed E-state index contributed by atoms with van der Waals surface area (Å²) < 4.78 is 27.9. The van der Waals surface area contributed by atoms with E-state index in [2.05, 4.69) is 15.2 Å². The van der Waals surface area contributed by atoms with E-state index in [1.165, 1.54) is 13.8 Å². The average molecular weight is 253 g/mol. The number of rotatable bonds is 7. The van der Waals surface area contributed by atoms with Gasteiger partial charge in [-0.3, -0.25) is 4.79 Å². The fourth-order valence-electron chi connectivity index (χ4n) is 0.871. The molecule has 0 saturated heterocycles. The van der Waals surface area contributed by atoms with Crippen LogP contribution in [0, 0.1) is 5.41 Å². The van der Waals surface area contributed by atoms with Gasteiger partial charge in [0.1, 0.15) is 12.0 Å². The molecule has 17 heavy (non-hydrogen) atoms. The van der Waals surface area contributed by atoms with Crippen molar-refractivity contribution in [2.75, 3.05) is 19.8 Å². The molecule has 0 atom stereocenters. The van der Waals surface area contributed by atoms with Crippen molar-refractivity contribution in [3.8, 4) is 0 Å². The Labute approximate surface area is 97.8 Å². The first kappa shape index (κ1) is 15.6. The molecule has 0 rings (SSSR count). The lowest BCUT2D eigenvalue weighted by molar-refractivity contribution is -0.126. The second-order valence-electron chi connectivity index (χ2n) is 3.83. The maximum Gasteiger partial charge on any atom is 0.261 e. The summed E-state index contributed by atoms with van der Waals surface area (Å²) in [6.07, 6.45) is -2.53. The van der Waals surface area contributed by atoms with Crippen LogP contribution in [0.1, 0.15) is 13.8 Å². The lowest BCUT2D eigenvalue weighted by Crippen LogP contribution is -2.46. The third-order valence-electron chi connectivity index (χ3n) is 2.09. The Balaban J connectivity index is 3.94. The third-order valence-corrected chi connectivity index (χ3v) is 2.09. The van der Waals surface area contributed by atoms with E-state index in [-0.39, 0.29) is 19.0 Å². The molecule has 1 amide bonds. The summed E-state index contributed by atoms with van der Waals surface area (Å²) in [7, 11) is 0. The van der Waals surface area contributed by atoms with Crippen LogP contribution >= 0.6 is 0 Å². The van der Waals surface area contributed by atoms with E-state index in [4.69, 9.17) is 10.9 Å². The highest BCUT2D eigenvalue weighted by atomic mass is 19.3. The molecule has 0 saturated carbocycles. The van der Waals surface area contributed by atoms with Crippen LogP contribution < -0.4 is 11.1 Å². The highest BCUT2D eigenvalue weighted by molar-refractivity contribution is 6.05. The van der Waals surface area contributed by atoms with E-state index in [1.807, 2.05) is 0 Å². The van der Waals surface area contributed by atoms with E-state index in [9.17, 15) is 13.6 Å². The molecule has 0 aromatic rings. The topological polar surface area (TPSA) is 96.9 Å². The molecular formula is C9H17F2N3O3. The third kappa shape index (κ3) is 5.43. The molecule has 0 bridgehead atoms. The monoisotopic (exact) mass is 253 g/mol. The van der Waals surface area contributed by atoms with Crippen molar-refractivity contribution in [1.29, 1.82) is 0 Å². The number of ether oxygens (including phenoxy) is 1. The Kier molecular flexibility index (Phi) is 6.40. The van der Waals surface area contributed by atoms with Crippen LogP contribution in [0.3, 0.4) is 0 Å². The van der Waals surface area contributed by atoms with Gasteiger partial charge >= 0.3 is 0 Å². The highest BCUT2D eigenvalue weighted by Gasteiger charge is 2.32. The van der Waals surface area contributed by atoms with Crippen molar-refractivity contribution in [1.82, 2.24) is 5.32 Å². The number of hydrogen-bond donors (Lipinski definition) is 3. The molecule has 0 aliphatic carbocycles. The van der Waals surface area contributed by atoms with Crippen molar-refractivity contribution in [3.05, 3.63) is 0 Å². The van der Waals surface area contributed by atoms with Crippen molar-refractivity contribution in [2.24, 2.45) is 16.3 Å². The molecule has 0 heterocycles. The number of amidine groups is 1. The fourth-order valence-corrected chi connectivity index (χ4v) is 0.871. The normalized spacial score (nSPS) is 12.9. The number of alkyl halides is 2. The largest absolute Gasteiger partial charge is 0.409 e. The zero-order valence-electron chi connectivity index (χ0n) is 9.74. The molecule has 8 heteroatoms. The van der Waals surface area contributed by atoms with Gasteiger partial charge in [0.25, 0.3) is 6.43 Å². The lowest BCUT2D eigenvalue weighted by atomic mass is 9.91. The zero-order valence-corrected chi connectivity index (χ0v) is 9.74. The quantitative estimate of drug-likeness (QED) is 0.198. The Hall–Kier alpha value is -1.44. The summed E-state index contributed by atoms with van der Waals surface area (Å²) in [5.74, 6) is -0.711.